The van der Waals surface area contributed by atoms with E-state index in [0.717, 1.165) is 16.2 Å². The van der Waals surface area contributed by atoms with Gasteiger partial charge in [-0.1, -0.05) is 28.1 Å². The molecule has 3 aromatic heterocycles. The number of nitrogens with zero attached hydrogens (tertiary/aromatic N) is 5. The molecule has 5 heterocycles. The number of amides is 3. The first kappa shape index (κ1) is 31.7. The largest absolute Gasteiger partial charge is 0.478 e. The summed E-state index contributed by atoms with van der Waals surface area (Å²) >= 11 is 8.23. The van der Waals surface area contributed by atoms with Crippen LogP contribution in [0.4, 0.5) is 5.13 Å². The highest BCUT2D eigenvalue weighted by atomic mass is 35.5. The summed E-state index contributed by atoms with van der Waals surface area (Å²) in [5.74, 6) is -4.76. The molecule has 5 rings (SSSR count). The van der Waals surface area contributed by atoms with Crippen LogP contribution >= 0.6 is 34.7 Å². The Morgan fingerprint density at radius 3 is 2.71 bits per heavy atom. The quantitative estimate of drug-likeness (QED) is 0.0506. The van der Waals surface area contributed by atoms with Crippen LogP contribution in [0.25, 0.3) is 11.0 Å². The molecule has 0 aliphatic carbocycles. The summed E-state index contributed by atoms with van der Waals surface area (Å²) < 4.78 is 3.36. The van der Waals surface area contributed by atoms with Crippen molar-refractivity contribution >= 4 is 86.2 Å². The lowest BCUT2D eigenvalue weighted by Crippen LogP contribution is -2.71. The molecule has 0 saturated carbocycles. The van der Waals surface area contributed by atoms with E-state index in [1.807, 2.05) is 0 Å². The first-order valence-corrected chi connectivity index (χ1v) is 15.2. The highest BCUT2D eigenvalue weighted by Gasteiger charge is 2.55. The van der Waals surface area contributed by atoms with Crippen molar-refractivity contribution in [2.75, 3.05) is 11.5 Å². The number of nitrogens with one attached hydrogen (secondary N) is 2. The van der Waals surface area contributed by atoms with Crippen molar-refractivity contribution in [2.24, 2.45) is 5.16 Å². The van der Waals surface area contributed by atoms with Gasteiger partial charge in [0.15, 0.2) is 23.6 Å². The Morgan fingerprint density at radius 2 is 2.07 bits per heavy atom. The number of nitrogen functional groups attached to an aromatic ring is 1. The van der Waals surface area contributed by atoms with Crippen LogP contribution in [0, 0.1) is 0 Å². The lowest BCUT2D eigenvalue weighted by Gasteiger charge is -2.49. The summed E-state index contributed by atoms with van der Waals surface area (Å²) in [7, 11) is 0. The minimum Gasteiger partial charge on any atom is -0.478 e. The fraction of sp³-hybridized carbons (Fsp3) is 0.280. The van der Waals surface area contributed by atoms with Crippen molar-refractivity contribution in [3.05, 3.63) is 51.9 Å². The summed E-state index contributed by atoms with van der Waals surface area (Å²) in [5.41, 5.74) is 8.12. The molecule has 7 N–H and O–H groups in total. The fourth-order valence-electron chi connectivity index (χ4n) is 4.73. The molecule has 2 aliphatic heterocycles. The van der Waals surface area contributed by atoms with E-state index in [-0.39, 0.29) is 39.7 Å². The number of rotatable bonds is 11. The Balaban J connectivity index is 1.38. The van der Waals surface area contributed by atoms with Gasteiger partial charge in [-0.3, -0.25) is 24.5 Å². The van der Waals surface area contributed by atoms with Crippen molar-refractivity contribution in [3.8, 4) is 0 Å². The van der Waals surface area contributed by atoms with Gasteiger partial charge in [0.1, 0.15) is 39.2 Å². The van der Waals surface area contributed by atoms with E-state index >= 15 is 0 Å². The predicted molar refractivity (Wildman–Crippen MR) is 158 cm³/mol. The third-order valence-corrected chi connectivity index (χ3v) is 9.26. The number of anilines is 1. The Bertz CT molecular complexity index is 1810. The van der Waals surface area contributed by atoms with E-state index in [2.05, 4.69) is 15.5 Å². The third-order valence-electron chi connectivity index (χ3n) is 6.84. The number of aliphatic carboxylic acids is 2. The second kappa shape index (κ2) is 12.7. The van der Waals surface area contributed by atoms with Crippen molar-refractivity contribution < 1.29 is 48.8 Å². The van der Waals surface area contributed by atoms with E-state index in [1.165, 1.54) is 18.7 Å². The number of oxime groups is 1. The van der Waals surface area contributed by atoms with Gasteiger partial charge in [0, 0.05) is 29.7 Å². The van der Waals surface area contributed by atoms with E-state index in [9.17, 15) is 29.1 Å². The maximum absolute atomic E-state index is 13.3. The first-order chi connectivity index (χ1) is 21.4. The highest BCUT2D eigenvalue weighted by molar-refractivity contribution is 8.00. The molecule has 20 heteroatoms. The van der Waals surface area contributed by atoms with Crippen LogP contribution < -0.4 is 21.1 Å². The molecule has 2 aliphatic rings. The molecule has 45 heavy (non-hydrogen) atoms. The number of hydroxylamine groups is 1. The average molecular weight is 680 g/mol. The molecule has 1 fully saturated rings. The van der Waals surface area contributed by atoms with Gasteiger partial charge in [-0.15, -0.1) is 11.8 Å². The number of carbonyl (C=O) groups excluding carboxylic acids is 3. The van der Waals surface area contributed by atoms with Crippen molar-refractivity contribution in [3.63, 3.8) is 0 Å². The molecular formula is C25H24ClN8O9S2+. The normalized spacial score (nSPS) is 18.7. The Morgan fingerprint density at radius 1 is 1.31 bits per heavy atom. The van der Waals surface area contributed by atoms with E-state index in [0.29, 0.717) is 16.6 Å². The van der Waals surface area contributed by atoms with Gasteiger partial charge in [0.05, 0.1) is 0 Å². The second-order valence-corrected chi connectivity index (χ2v) is 12.4. The smallest absolute Gasteiger partial charge is 0.352 e. The molecule has 3 atom stereocenters. The summed E-state index contributed by atoms with van der Waals surface area (Å²) in [4.78, 5) is 71.9. The number of pyridine rings is 1. The van der Waals surface area contributed by atoms with Gasteiger partial charge >= 0.3 is 11.9 Å². The molecule has 17 nitrogen and oxygen atoms in total. The fourth-order valence-corrected chi connectivity index (χ4v) is 7.00. The number of aromatic nitrogens is 3. The van der Waals surface area contributed by atoms with Crippen molar-refractivity contribution in [1.29, 1.82) is 0 Å². The number of halogens is 1. The second-order valence-electron chi connectivity index (χ2n) is 9.70. The average Bonchev–Trinajstić information content (AvgIpc) is 3.57. The summed E-state index contributed by atoms with van der Waals surface area (Å²) in [5, 5.41) is 33.5. The lowest BCUT2D eigenvalue weighted by atomic mass is 10.0. The molecule has 0 aromatic carbocycles. The summed E-state index contributed by atoms with van der Waals surface area (Å²) in [6.45, 7) is 1.15. The topological polar surface area (TPSA) is 243 Å². The van der Waals surface area contributed by atoms with Crippen LogP contribution in [0.15, 0.2) is 47.0 Å². The Labute approximate surface area is 265 Å². The Hall–Kier alpha value is -4.72. The number of carboxylic acids is 2. The van der Waals surface area contributed by atoms with Gasteiger partial charge in [-0.2, -0.15) is 4.57 Å². The van der Waals surface area contributed by atoms with E-state index < -0.39 is 52.9 Å². The van der Waals surface area contributed by atoms with Crippen LogP contribution in [0.5, 0.6) is 0 Å². The minimum absolute atomic E-state index is 0.0000608. The van der Waals surface area contributed by atoms with Gasteiger partial charge < -0.3 is 30.7 Å². The molecule has 0 radical (unpaired) electrons. The first-order valence-electron chi connectivity index (χ1n) is 12.9. The SMILES string of the molecule is C[C@H](O/N=C(\C(=O)N[C@@H]1C(=O)N2C(C(=O)O)=C(C[n+]3cccc4c3ccn4CC(=O)NO)CS[C@H]12)c1nc(N)sc1Cl)C(=O)O. The maximum atomic E-state index is 13.3. The molecular weight excluding hydrogens is 656 g/mol. The third kappa shape index (κ3) is 6.14. The zero-order chi connectivity index (χ0) is 32.6. The lowest BCUT2D eigenvalue weighted by molar-refractivity contribution is -0.663. The van der Waals surface area contributed by atoms with Gasteiger partial charge in [0.2, 0.25) is 11.6 Å². The number of hydrogen-bond acceptors (Lipinski definition) is 12. The van der Waals surface area contributed by atoms with E-state index in [4.69, 9.17) is 32.5 Å². The standard InChI is InChI=1S/C25H23ClN8O9S2/c1-10(23(38)39)43-31-16(15-19(26)45-25(27)29-15)20(36)28-17-21(37)34-18(24(40)41)11(9-44-22(17)34)7-32-5-2-3-12-13(32)4-6-33(12)8-14(35)30-42/h2-6,10,17,22H,7-9H2,1H3,(H6-,27,28,29,30,31,35,36,38,39,40,41,42)/p+1/t10-,17+,22+/m0/s1. The number of nitrogens with two attached hydrogens (primary N) is 1. The number of β-lactam (4-membered cyclic amide) rings is 1. The van der Waals surface area contributed by atoms with Gasteiger partial charge in [-0.05, 0) is 13.0 Å². The monoisotopic (exact) mass is 679 g/mol. The van der Waals surface area contributed by atoms with Crippen LogP contribution in [-0.4, -0.2) is 88.5 Å². The number of hydrogen-bond donors (Lipinski definition) is 6. The van der Waals surface area contributed by atoms with Crippen molar-refractivity contribution in [2.45, 2.75) is 37.5 Å². The minimum atomic E-state index is -1.43. The molecule has 0 bridgehead atoms. The zero-order valence-corrected chi connectivity index (χ0v) is 25.4. The zero-order valence-electron chi connectivity index (χ0n) is 23.0. The van der Waals surface area contributed by atoms with E-state index in [1.54, 1.807) is 45.2 Å². The number of thiazole rings is 1. The maximum Gasteiger partial charge on any atom is 0.352 e. The molecule has 0 spiro atoms. The highest BCUT2D eigenvalue weighted by Crippen LogP contribution is 2.40. The number of thioether (sulfide) groups is 1. The van der Waals surface area contributed by atoms with Gasteiger partial charge in [-0.25, -0.2) is 20.1 Å². The van der Waals surface area contributed by atoms with Crippen molar-refractivity contribution in [1.82, 2.24) is 25.2 Å². The van der Waals surface area contributed by atoms with Crippen LogP contribution in [0.2, 0.25) is 4.34 Å². The molecule has 1 saturated heterocycles. The van der Waals surface area contributed by atoms with Gasteiger partial charge in [0.25, 0.3) is 17.7 Å². The molecule has 0 unspecified atom stereocenters. The van der Waals surface area contributed by atoms with Crippen LogP contribution in [0.3, 0.4) is 0 Å². The molecule has 3 aromatic rings. The number of fused-ring (bicyclic) bond motifs is 2. The molecule has 3 amide bonds. The van der Waals surface area contributed by atoms with Crippen LogP contribution in [0.1, 0.15) is 12.6 Å². The summed E-state index contributed by atoms with van der Waals surface area (Å²) in [6, 6.07) is 4.07. The summed E-state index contributed by atoms with van der Waals surface area (Å²) in [6.07, 6.45) is 1.95. The van der Waals surface area contributed by atoms with Crippen LogP contribution in [-0.2, 0) is 41.9 Å². The number of carbonyl (C=O) groups is 5. The predicted octanol–water partition coefficient (Wildman–Crippen LogP) is -0.241. The Kier molecular flexibility index (Phi) is 8.96. The molecule has 236 valence electrons. The number of carboxylic acid groups (broad SMARTS) is 2.